The topological polar surface area (TPSA) is 73.4 Å². The molecule has 1 N–H and O–H groups in total. The highest BCUT2D eigenvalue weighted by Crippen LogP contribution is 2.41. The molecule has 1 aliphatic heterocycles. The predicted molar refractivity (Wildman–Crippen MR) is 78.7 cm³/mol. The van der Waals surface area contributed by atoms with Gasteiger partial charge < -0.3 is 19.0 Å². The molecular formula is C14H23BN2O4. The van der Waals surface area contributed by atoms with E-state index < -0.39 is 18.3 Å². The minimum atomic E-state index is -0.514. The maximum absolute atomic E-state index is 11.9. The standard InChI is InChI=1S/C14H23BN2O4/c1-6-19-12(18)7-10(11-8-16-9-17-11)15-20-13(2,3)14(4,5)21-15/h8-10H,6-7H2,1-5H3,(H,16,17). The summed E-state index contributed by atoms with van der Waals surface area (Å²) in [6.45, 7) is 10.1. The summed E-state index contributed by atoms with van der Waals surface area (Å²) in [6.07, 6.45) is 3.46. The van der Waals surface area contributed by atoms with E-state index in [9.17, 15) is 4.79 Å². The van der Waals surface area contributed by atoms with Crippen molar-refractivity contribution in [2.24, 2.45) is 0 Å². The second kappa shape index (κ2) is 5.81. The number of nitrogens with zero attached hydrogens (tertiary/aromatic N) is 1. The highest BCUT2D eigenvalue weighted by atomic mass is 16.7. The molecule has 0 aromatic carbocycles. The van der Waals surface area contributed by atoms with Crippen LogP contribution in [0.15, 0.2) is 12.5 Å². The van der Waals surface area contributed by atoms with Gasteiger partial charge in [0.05, 0.1) is 30.6 Å². The monoisotopic (exact) mass is 294 g/mol. The fourth-order valence-corrected chi connectivity index (χ4v) is 2.27. The number of aromatic nitrogens is 2. The van der Waals surface area contributed by atoms with E-state index in [1.54, 1.807) is 19.4 Å². The molecule has 6 nitrogen and oxygen atoms in total. The number of H-pyrrole nitrogens is 1. The molecule has 0 amide bonds. The Morgan fingerprint density at radius 3 is 2.48 bits per heavy atom. The lowest BCUT2D eigenvalue weighted by Gasteiger charge is -2.32. The molecule has 1 saturated heterocycles. The average molecular weight is 294 g/mol. The maximum Gasteiger partial charge on any atom is 0.468 e. The van der Waals surface area contributed by atoms with Crippen molar-refractivity contribution >= 4 is 13.1 Å². The Bertz CT molecular complexity index is 471. The first kappa shape index (κ1) is 16.0. The Kier molecular flexibility index (Phi) is 4.44. The van der Waals surface area contributed by atoms with Crippen molar-refractivity contribution < 1.29 is 18.8 Å². The first-order chi connectivity index (χ1) is 9.77. The minimum Gasteiger partial charge on any atom is -0.466 e. The number of carbonyl (C=O) groups is 1. The van der Waals surface area contributed by atoms with E-state index in [2.05, 4.69) is 9.97 Å². The third-order valence-electron chi connectivity index (χ3n) is 4.21. The number of esters is 1. The molecule has 1 aliphatic rings. The SMILES string of the molecule is CCOC(=O)CC(B1OC(C)(C)C(C)(C)O1)c1cnc[nH]1. The third-order valence-corrected chi connectivity index (χ3v) is 4.21. The van der Waals surface area contributed by atoms with Crippen molar-refractivity contribution in [3.05, 3.63) is 18.2 Å². The van der Waals surface area contributed by atoms with E-state index in [1.165, 1.54) is 0 Å². The summed E-state index contributed by atoms with van der Waals surface area (Å²) in [4.78, 5) is 18.9. The molecule has 0 spiro atoms. The zero-order chi connectivity index (χ0) is 15.7. The maximum atomic E-state index is 11.9. The number of hydrogen-bond donors (Lipinski definition) is 1. The van der Waals surface area contributed by atoms with E-state index in [1.807, 2.05) is 27.7 Å². The van der Waals surface area contributed by atoms with Crippen LogP contribution < -0.4 is 0 Å². The van der Waals surface area contributed by atoms with Crippen LogP contribution in [0.1, 0.15) is 52.6 Å². The predicted octanol–water partition coefficient (Wildman–Crippen LogP) is 2.08. The summed E-state index contributed by atoms with van der Waals surface area (Å²) >= 11 is 0. The van der Waals surface area contributed by atoms with Crippen LogP contribution in [0.4, 0.5) is 0 Å². The number of imidazole rings is 1. The molecule has 0 aliphatic carbocycles. The van der Waals surface area contributed by atoms with Crippen molar-refractivity contribution in [1.82, 2.24) is 9.97 Å². The largest absolute Gasteiger partial charge is 0.468 e. The van der Waals surface area contributed by atoms with Crippen LogP contribution in [0.2, 0.25) is 0 Å². The number of hydrogen-bond acceptors (Lipinski definition) is 5. The Labute approximate surface area is 125 Å². The van der Waals surface area contributed by atoms with E-state index in [4.69, 9.17) is 14.0 Å². The molecule has 1 unspecified atom stereocenters. The molecule has 0 saturated carbocycles. The van der Waals surface area contributed by atoms with E-state index >= 15 is 0 Å². The van der Waals surface area contributed by atoms with Gasteiger partial charge in [0.25, 0.3) is 0 Å². The van der Waals surface area contributed by atoms with Crippen LogP contribution in [0.5, 0.6) is 0 Å². The van der Waals surface area contributed by atoms with Gasteiger partial charge in [-0.25, -0.2) is 4.98 Å². The van der Waals surface area contributed by atoms with Crippen LogP contribution in [0, 0.1) is 0 Å². The van der Waals surface area contributed by atoms with Gasteiger partial charge in [-0.3, -0.25) is 4.79 Å². The van der Waals surface area contributed by atoms with Crippen molar-refractivity contribution in [3.8, 4) is 0 Å². The molecule has 116 valence electrons. The molecule has 2 heterocycles. The second-order valence-electron chi connectivity index (χ2n) is 6.25. The van der Waals surface area contributed by atoms with Crippen molar-refractivity contribution in [1.29, 1.82) is 0 Å². The highest BCUT2D eigenvalue weighted by Gasteiger charge is 2.54. The van der Waals surface area contributed by atoms with Crippen LogP contribution in [0.25, 0.3) is 0 Å². The van der Waals surface area contributed by atoms with Crippen molar-refractivity contribution in [2.75, 3.05) is 6.61 Å². The fourth-order valence-electron chi connectivity index (χ4n) is 2.27. The summed E-state index contributed by atoms with van der Waals surface area (Å²) in [6, 6.07) is 0. The summed E-state index contributed by atoms with van der Waals surface area (Å²) in [7, 11) is -0.514. The van der Waals surface area contributed by atoms with Crippen molar-refractivity contribution in [3.63, 3.8) is 0 Å². The zero-order valence-corrected chi connectivity index (χ0v) is 13.3. The molecule has 0 radical (unpaired) electrons. The summed E-state index contributed by atoms with van der Waals surface area (Å²) < 4.78 is 17.2. The average Bonchev–Trinajstić information content (AvgIpc) is 2.94. The Balaban J connectivity index is 2.19. The minimum absolute atomic E-state index is 0.187. The molecular weight excluding hydrogens is 271 g/mol. The zero-order valence-electron chi connectivity index (χ0n) is 13.3. The molecule has 1 atom stereocenters. The lowest BCUT2D eigenvalue weighted by molar-refractivity contribution is -0.143. The van der Waals surface area contributed by atoms with Gasteiger partial charge in [-0.15, -0.1) is 0 Å². The van der Waals surface area contributed by atoms with Gasteiger partial charge in [-0.05, 0) is 34.6 Å². The summed E-state index contributed by atoms with van der Waals surface area (Å²) in [5.41, 5.74) is -0.0728. The molecule has 1 aromatic rings. The number of carbonyl (C=O) groups excluding carboxylic acids is 1. The third kappa shape index (κ3) is 3.29. The second-order valence-corrected chi connectivity index (χ2v) is 6.25. The number of aromatic amines is 1. The molecule has 7 heteroatoms. The summed E-state index contributed by atoms with van der Waals surface area (Å²) in [5.74, 6) is -0.542. The normalized spacial score (nSPS) is 21.3. The quantitative estimate of drug-likeness (QED) is 0.665. The fraction of sp³-hybridized carbons (Fsp3) is 0.714. The first-order valence-electron chi connectivity index (χ1n) is 7.26. The van der Waals surface area contributed by atoms with E-state index in [-0.39, 0.29) is 18.2 Å². The highest BCUT2D eigenvalue weighted by molar-refractivity contribution is 6.48. The van der Waals surface area contributed by atoms with Crippen LogP contribution >= 0.6 is 0 Å². The number of nitrogens with one attached hydrogen (secondary N) is 1. The van der Waals surface area contributed by atoms with Crippen LogP contribution in [-0.2, 0) is 18.8 Å². The Hall–Kier alpha value is -1.34. The van der Waals surface area contributed by atoms with E-state index in [0.717, 1.165) is 5.69 Å². The van der Waals surface area contributed by atoms with E-state index in [0.29, 0.717) is 6.61 Å². The molecule has 0 bridgehead atoms. The van der Waals surface area contributed by atoms with Crippen LogP contribution in [-0.4, -0.2) is 40.9 Å². The first-order valence-corrected chi connectivity index (χ1v) is 7.26. The Morgan fingerprint density at radius 1 is 1.38 bits per heavy atom. The van der Waals surface area contributed by atoms with Gasteiger partial charge in [0.15, 0.2) is 0 Å². The molecule has 2 rings (SSSR count). The summed E-state index contributed by atoms with van der Waals surface area (Å²) in [5, 5.41) is 0. The number of rotatable bonds is 5. The Morgan fingerprint density at radius 2 is 2.00 bits per heavy atom. The van der Waals surface area contributed by atoms with Gasteiger partial charge in [-0.1, -0.05) is 0 Å². The molecule has 21 heavy (non-hydrogen) atoms. The number of ether oxygens (including phenoxy) is 1. The van der Waals surface area contributed by atoms with Crippen molar-refractivity contribution in [2.45, 2.75) is 58.1 Å². The molecule has 1 fully saturated rings. The van der Waals surface area contributed by atoms with Gasteiger partial charge in [-0.2, -0.15) is 0 Å². The molecule has 1 aromatic heterocycles. The van der Waals surface area contributed by atoms with Crippen LogP contribution in [0.3, 0.4) is 0 Å². The lowest BCUT2D eigenvalue weighted by atomic mass is 9.68. The lowest BCUT2D eigenvalue weighted by Crippen LogP contribution is -2.41. The smallest absolute Gasteiger partial charge is 0.466 e. The van der Waals surface area contributed by atoms with Gasteiger partial charge in [0.1, 0.15) is 0 Å². The van der Waals surface area contributed by atoms with Gasteiger partial charge >= 0.3 is 13.1 Å². The van der Waals surface area contributed by atoms with Gasteiger partial charge in [0.2, 0.25) is 0 Å². The van der Waals surface area contributed by atoms with Gasteiger partial charge in [0, 0.05) is 17.7 Å².